The number of nitrogens with zero attached hydrogens (tertiary/aromatic N) is 1. The standard InChI is InChI=1S/C18H30N2O6/c1-3-5-9-13-25-17(23)20(18(24)26-14-10-6-4-2)15(16(21)22)11-7-8-12-19/h3-4,15H,1-2,5-14,19H2,(H,21,22)/t15-/m0/s1. The number of rotatable bonds is 14. The van der Waals surface area contributed by atoms with Crippen LogP contribution in [0.5, 0.6) is 0 Å². The molecule has 0 aliphatic heterocycles. The molecular formula is C18H30N2O6. The van der Waals surface area contributed by atoms with Crippen molar-refractivity contribution < 1.29 is 29.0 Å². The molecule has 26 heavy (non-hydrogen) atoms. The maximum Gasteiger partial charge on any atom is 0.420 e. The van der Waals surface area contributed by atoms with Gasteiger partial charge in [0.25, 0.3) is 0 Å². The van der Waals surface area contributed by atoms with Crippen LogP contribution in [-0.4, -0.2) is 54.0 Å². The molecule has 0 aliphatic rings. The molecule has 2 amide bonds. The summed E-state index contributed by atoms with van der Waals surface area (Å²) in [6.07, 6.45) is 4.75. The molecule has 148 valence electrons. The number of allylic oxidation sites excluding steroid dienone is 2. The molecule has 0 saturated carbocycles. The Morgan fingerprint density at radius 2 is 1.46 bits per heavy atom. The molecule has 0 spiro atoms. The van der Waals surface area contributed by atoms with Crippen molar-refractivity contribution >= 4 is 18.2 Å². The molecule has 8 nitrogen and oxygen atoms in total. The number of hydrogen-bond donors (Lipinski definition) is 2. The first-order chi connectivity index (χ1) is 12.5. The second-order valence-electron chi connectivity index (χ2n) is 5.60. The third-order valence-electron chi connectivity index (χ3n) is 3.48. The Kier molecular flexibility index (Phi) is 13.6. The highest BCUT2D eigenvalue weighted by Crippen LogP contribution is 2.14. The van der Waals surface area contributed by atoms with Crippen LogP contribution in [0.1, 0.15) is 44.9 Å². The predicted molar refractivity (Wildman–Crippen MR) is 97.7 cm³/mol. The van der Waals surface area contributed by atoms with E-state index >= 15 is 0 Å². The van der Waals surface area contributed by atoms with Gasteiger partial charge in [0.2, 0.25) is 0 Å². The van der Waals surface area contributed by atoms with Crippen molar-refractivity contribution in [2.75, 3.05) is 19.8 Å². The van der Waals surface area contributed by atoms with E-state index in [2.05, 4.69) is 13.2 Å². The molecule has 0 unspecified atom stereocenters. The van der Waals surface area contributed by atoms with Crippen LogP contribution >= 0.6 is 0 Å². The van der Waals surface area contributed by atoms with Gasteiger partial charge in [0.1, 0.15) is 6.04 Å². The number of carbonyl (C=O) groups is 3. The number of amides is 2. The molecule has 0 rings (SSSR count). The minimum atomic E-state index is -1.36. The zero-order valence-electron chi connectivity index (χ0n) is 15.2. The minimum Gasteiger partial charge on any atom is -0.480 e. The Morgan fingerprint density at radius 3 is 1.85 bits per heavy atom. The zero-order chi connectivity index (χ0) is 19.8. The first-order valence-corrected chi connectivity index (χ1v) is 8.77. The lowest BCUT2D eigenvalue weighted by atomic mass is 10.1. The van der Waals surface area contributed by atoms with Gasteiger partial charge in [0.05, 0.1) is 13.2 Å². The van der Waals surface area contributed by atoms with E-state index in [-0.39, 0.29) is 19.6 Å². The predicted octanol–water partition coefficient (Wildman–Crippen LogP) is 3.08. The molecule has 0 aromatic heterocycles. The van der Waals surface area contributed by atoms with Gasteiger partial charge in [-0.05, 0) is 51.5 Å². The number of aliphatic carboxylic acids is 1. The molecule has 3 N–H and O–H groups in total. The van der Waals surface area contributed by atoms with Crippen LogP contribution in [0.15, 0.2) is 25.3 Å². The Bertz CT molecular complexity index is 439. The Hall–Kier alpha value is -2.35. The fourth-order valence-corrected chi connectivity index (χ4v) is 2.09. The Morgan fingerprint density at radius 1 is 0.962 bits per heavy atom. The second-order valence-corrected chi connectivity index (χ2v) is 5.60. The summed E-state index contributed by atoms with van der Waals surface area (Å²) in [6.45, 7) is 7.63. The van der Waals surface area contributed by atoms with Crippen molar-refractivity contribution in [3.63, 3.8) is 0 Å². The van der Waals surface area contributed by atoms with Gasteiger partial charge in [-0.25, -0.2) is 14.4 Å². The van der Waals surface area contributed by atoms with E-state index in [1.165, 1.54) is 0 Å². The topological polar surface area (TPSA) is 119 Å². The van der Waals surface area contributed by atoms with Gasteiger partial charge in [-0.2, -0.15) is 4.90 Å². The van der Waals surface area contributed by atoms with E-state index in [0.29, 0.717) is 50.0 Å². The second kappa shape index (κ2) is 14.9. The molecule has 0 heterocycles. The molecule has 8 heteroatoms. The molecule has 1 atom stereocenters. The number of hydrogen-bond acceptors (Lipinski definition) is 6. The lowest BCUT2D eigenvalue weighted by molar-refractivity contribution is -0.142. The van der Waals surface area contributed by atoms with E-state index in [4.69, 9.17) is 15.2 Å². The van der Waals surface area contributed by atoms with E-state index < -0.39 is 24.2 Å². The SMILES string of the molecule is C=CCCCOC(=O)N(C(=O)OCCCC=C)[C@@H](CCCCN)C(=O)O. The van der Waals surface area contributed by atoms with Crippen molar-refractivity contribution in [2.45, 2.75) is 51.0 Å². The van der Waals surface area contributed by atoms with Gasteiger partial charge < -0.3 is 20.3 Å². The van der Waals surface area contributed by atoms with Crippen LogP contribution in [-0.2, 0) is 14.3 Å². The first kappa shape index (κ1) is 23.6. The normalized spacial score (nSPS) is 11.3. The summed E-state index contributed by atoms with van der Waals surface area (Å²) in [5.41, 5.74) is 5.41. The van der Waals surface area contributed by atoms with Gasteiger partial charge in [0, 0.05) is 0 Å². The molecule has 0 saturated heterocycles. The molecule has 0 aromatic rings. The van der Waals surface area contributed by atoms with Crippen molar-refractivity contribution in [1.82, 2.24) is 4.90 Å². The fraction of sp³-hybridized carbons (Fsp3) is 0.611. The van der Waals surface area contributed by atoms with E-state index in [0.717, 1.165) is 0 Å². The lowest BCUT2D eigenvalue weighted by Crippen LogP contribution is -2.49. The van der Waals surface area contributed by atoms with Crippen molar-refractivity contribution in [2.24, 2.45) is 5.73 Å². The van der Waals surface area contributed by atoms with E-state index in [1.54, 1.807) is 12.2 Å². The summed E-state index contributed by atoms with van der Waals surface area (Å²) in [7, 11) is 0. The number of imide groups is 1. The van der Waals surface area contributed by atoms with Crippen LogP contribution in [0.25, 0.3) is 0 Å². The third-order valence-corrected chi connectivity index (χ3v) is 3.48. The lowest BCUT2D eigenvalue weighted by Gasteiger charge is -2.25. The van der Waals surface area contributed by atoms with Crippen LogP contribution in [0.3, 0.4) is 0 Å². The van der Waals surface area contributed by atoms with E-state index in [9.17, 15) is 19.5 Å². The summed E-state index contributed by atoms with van der Waals surface area (Å²) in [6, 6.07) is -1.36. The van der Waals surface area contributed by atoms with Gasteiger partial charge in [0.15, 0.2) is 0 Å². The average molecular weight is 370 g/mol. The minimum absolute atomic E-state index is 0.0558. The quantitative estimate of drug-likeness (QED) is 0.356. The van der Waals surface area contributed by atoms with Crippen LogP contribution in [0, 0.1) is 0 Å². The molecule has 0 radical (unpaired) electrons. The molecule has 0 aliphatic carbocycles. The van der Waals surface area contributed by atoms with Gasteiger partial charge in [-0.1, -0.05) is 12.2 Å². The Labute approximate surface area is 154 Å². The maximum absolute atomic E-state index is 12.3. The molecule has 0 aromatic carbocycles. The van der Waals surface area contributed by atoms with Crippen molar-refractivity contribution in [3.05, 3.63) is 25.3 Å². The number of nitrogens with two attached hydrogens (primary N) is 1. The molecule has 0 bridgehead atoms. The van der Waals surface area contributed by atoms with Crippen molar-refractivity contribution in [3.8, 4) is 0 Å². The Balaban J connectivity index is 5.04. The van der Waals surface area contributed by atoms with Crippen LogP contribution < -0.4 is 5.73 Å². The highest BCUT2D eigenvalue weighted by Gasteiger charge is 2.36. The van der Waals surface area contributed by atoms with Crippen LogP contribution in [0.4, 0.5) is 9.59 Å². The largest absolute Gasteiger partial charge is 0.480 e. The molecular weight excluding hydrogens is 340 g/mol. The summed E-state index contributed by atoms with van der Waals surface area (Å²) < 4.78 is 10.1. The van der Waals surface area contributed by atoms with E-state index in [1.807, 2.05) is 0 Å². The highest BCUT2D eigenvalue weighted by molar-refractivity contribution is 5.93. The number of unbranched alkanes of at least 4 members (excludes halogenated alkanes) is 3. The fourth-order valence-electron chi connectivity index (χ4n) is 2.09. The molecule has 0 fully saturated rings. The van der Waals surface area contributed by atoms with Crippen LogP contribution in [0.2, 0.25) is 0 Å². The smallest absolute Gasteiger partial charge is 0.420 e. The number of carboxylic acids is 1. The summed E-state index contributed by atoms with van der Waals surface area (Å²) in [5.74, 6) is -1.30. The van der Waals surface area contributed by atoms with Gasteiger partial charge in [-0.15, -0.1) is 13.2 Å². The average Bonchev–Trinajstić information content (AvgIpc) is 2.61. The monoisotopic (exact) mass is 370 g/mol. The van der Waals surface area contributed by atoms with Gasteiger partial charge in [-0.3, -0.25) is 0 Å². The van der Waals surface area contributed by atoms with Gasteiger partial charge >= 0.3 is 18.2 Å². The summed E-state index contributed by atoms with van der Waals surface area (Å²) in [5, 5.41) is 9.45. The van der Waals surface area contributed by atoms with Crippen molar-refractivity contribution in [1.29, 1.82) is 0 Å². The summed E-state index contributed by atoms with van der Waals surface area (Å²) in [4.78, 5) is 36.7. The number of ether oxygens (including phenoxy) is 2. The maximum atomic E-state index is 12.3. The first-order valence-electron chi connectivity index (χ1n) is 8.77. The highest BCUT2D eigenvalue weighted by atomic mass is 16.6. The third kappa shape index (κ3) is 9.83. The number of carbonyl (C=O) groups excluding carboxylic acids is 2. The summed E-state index contributed by atoms with van der Waals surface area (Å²) >= 11 is 0. The zero-order valence-corrected chi connectivity index (χ0v) is 15.2. The number of carboxylic acid groups (broad SMARTS) is 1.